The molecule has 1 aliphatic rings. The van der Waals surface area contributed by atoms with E-state index in [-0.39, 0.29) is 0 Å². The Bertz CT molecular complexity index is 308. The van der Waals surface area contributed by atoms with Gasteiger partial charge >= 0.3 is 0 Å². The molecule has 0 spiro atoms. The Balaban J connectivity index is 1.75. The highest BCUT2D eigenvalue weighted by Gasteiger charge is 2.14. The molecular weight excluding hydrogens is 190 g/mol. The Morgan fingerprint density at radius 2 is 2.27 bits per heavy atom. The number of aromatic hydroxyl groups is 1. The van der Waals surface area contributed by atoms with E-state index in [0.717, 1.165) is 38.3 Å². The maximum absolute atomic E-state index is 9.54. The van der Waals surface area contributed by atoms with Gasteiger partial charge in [0.05, 0.1) is 6.61 Å². The Hall–Kier alpha value is -1.06. The van der Waals surface area contributed by atoms with Gasteiger partial charge in [-0.15, -0.1) is 0 Å². The standard InChI is InChI=1S/C12H17NO2/c14-12-4-2-1-3-11(12)8-13-7-10-5-6-15-9-10/h1-4,10,13-14H,5-9H2. The molecule has 3 nitrogen and oxygen atoms in total. The fourth-order valence-corrected chi connectivity index (χ4v) is 1.82. The van der Waals surface area contributed by atoms with E-state index in [1.807, 2.05) is 18.2 Å². The first-order valence-electron chi connectivity index (χ1n) is 5.41. The molecule has 82 valence electrons. The number of ether oxygens (including phenoxy) is 1. The predicted molar refractivity (Wildman–Crippen MR) is 58.7 cm³/mol. The summed E-state index contributed by atoms with van der Waals surface area (Å²) < 4.78 is 5.29. The highest BCUT2D eigenvalue weighted by atomic mass is 16.5. The first-order chi connectivity index (χ1) is 7.36. The van der Waals surface area contributed by atoms with Crippen LogP contribution in [-0.4, -0.2) is 24.9 Å². The summed E-state index contributed by atoms with van der Waals surface area (Å²) in [6, 6.07) is 7.43. The average Bonchev–Trinajstić information content (AvgIpc) is 2.74. The van der Waals surface area contributed by atoms with Gasteiger partial charge in [0, 0.05) is 25.3 Å². The maximum atomic E-state index is 9.54. The molecule has 1 aromatic carbocycles. The van der Waals surface area contributed by atoms with Crippen molar-refractivity contribution in [3.63, 3.8) is 0 Å². The van der Waals surface area contributed by atoms with Gasteiger partial charge in [0.2, 0.25) is 0 Å². The van der Waals surface area contributed by atoms with Crippen molar-refractivity contribution >= 4 is 0 Å². The number of hydrogen-bond donors (Lipinski definition) is 2. The van der Waals surface area contributed by atoms with E-state index < -0.39 is 0 Å². The Morgan fingerprint density at radius 3 is 3.00 bits per heavy atom. The van der Waals surface area contributed by atoms with Gasteiger partial charge in [-0.05, 0) is 18.4 Å². The van der Waals surface area contributed by atoms with Crippen molar-refractivity contribution in [3.05, 3.63) is 29.8 Å². The van der Waals surface area contributed by atoms with Crippen LogP contribution in [-0.2, 0) is 11.3 Å². The first kappa shape index (κ1) is 10.5. The van der Waals surface area contributed by atoms with Crippen molar-refractivity contribution in [2.75, 3.05) is 19.8 Å². The van der Waals surface area contributed by atoms with E-state index >= 15 is 0 Å². The second-order valence-corrected chi connectivity index (χ2v) is 3.99. The van der Waals surface area contributed by atoms with E-state index in [2.05, 4.69) is 5.32 Å². The second kappa shape index (κ2) is 5.14. The van der Waals surface area contributed by atoms with Gasteiger partial charge in [0.1, 0.15) is 5.75 Å². The van der Waals surface area contributed by atoms with Gasteiger partial charge in [-0.2, -0.15) is 0 Å². The normalized spacial score (nSPS) is 20.7. The fourth-order valence-electron chi connectivity index (χ4n) is 1.82. The smallest absolute Gasteiger partial charge is 0.120 e. The number of rotatable bonds is 4. The zero-order valence-electron chi connectivity index (χ0n) is 8.78. The van der Waals surface area contributed by atoms with E-state index in [1.54, 1.807) is 6.07 Å². The second-order valence-electron chi connectivity index (χ2n) is 3.99. The summed E-state index contributed by atoms with van der Waals surface area (Å²) in [4.78, 5) is 0. The van der Waals surface area contributed by atoms with E-state index in [0.29, 0.717) is 11.7 Å². The molecule has 0 aromatic heterocycles. The number of para-hydroxylation sites is 1. The molecule has 2 N–H and O–H groups in total. The molecule has 1 saturated heterocycles. The van der Waals surface area contributed by atoms with Crippen molar-refractivity contribution in [1.82, 2.24) is 5.32 Å². The monoisotopic (exact) mass is 207 g/mol. The van der Waals surface area contributed by atoms with Gasteiger partial charge in [-0.25, -0.2) is 0 Å². The van der Waals surface area contributed by atoms with Crippen LogP contribution in [0.1, 0.15) is 12.0 Å². The molecule has 1 fully saturated rings. The Morgan fingerprint density at radius 1 is 1.40 bits per heavy atom. The largest absolute Gasteiger partial charge is 0.508 e. The molecule has 0 saturated carbocycles. The lowest BCUT2D eigenvalue weighted by Gasteiger charge is -2.10. The predicted octanol–water partition coefficient (Wildman–Crippen LogP) is 1.52. The highest BCUT2D eigenvalue weighted by Crippen LogP contribution is 2.15. The van der Waals surface area contributed by atoms with E-state index in [4.69, 9.17) is 4.74 Å². The van der Waals surface area contributed by atoms with Gasteiger partial charge in [0.25, 0.3) is 0 Å². The number of benzene rings is 1. The van der Waals surface area contributed by atoms with Crippen LogP contribution in [0.3, 0.4) is 0 Å². The molecule has 0 amide bonds. The van der Waals surface area contributed by atoms with Gasteiger partial charge in [-0.1, -0.05) is 18.2 Å². The quantitative estimate of drug-likeness (QED) is 0.786. The number of nitrogens with one attached hydrogen (secondary N) is 1. The molecule has 1 aliphatic heterocycles. The van der Waals surface area contributed by atoms with Crippen LogP contribution >= 0.6 is 0 Å². The van der Waals surface area contributed by atoms with Crippen LogP contribution in [0.4, 0.5) is 0 Å². The molecule has 3 heteroatoms. The maximum Gasteiger partial charge on any atom is 0.120 e. The van der Waals surface area contributed by atoms with Crippen LogP contribution in [0.5, 0.6) is 5.75 Å². The lowest BCUT2D eigenvalue weighted by atomic mass is 10.1. The van der Waals surface area contributed by atoms with E-state index in [1.165, 1.54) is 0 Å². The average molecular weight is 207 g/mol. The molecule has 0 aliphatic carbocycles. The summed E-state index contributed by atoms with van der Waals surface area (Å²) in [5, 5.41) is 12.9. The van der Waals surface area contributed by atoms with Crippen LogP contribution in [0.25, 0.3) is 0 Å². The summed E-state index contributed by atoms with van der Waals surface area (Å²) in [7, 11) is 0. The molecule has 1 atom stereocenters. The summed E-state index contributed by atoms with van der Waals surface area (Å²) >= 11 is 0. The molecule has 0 bridgehead atoms. The minimum Gasteiger partial charge on any atom is -0.508 e. The minimum atomic E-state index is 0.368. The topological polar surface area (TPSA) is 41.5 Å². The number of phenolic OH excluding ortho intramolecular Hbond substituents is 1. The van der Waals surface area contributed by atoms with Crippen molar-refractivity contribution in [2.45, 2.75) is 13.0 Å². The van der Waals surface area contributed by atoms with Crippen molar-refractivity contribution in [2.24, 2.45) is 5.92 Å². The third kappa shape index (κ3) is 2.94. The molecular formula is C12H17NO2. The Kier molecular flexibility index (Phi) is 3.59. The SMILES string of the molecule is Oc1ccccc1CNCC1CCOC1. The first-order valence-corrected chi connectivity index (χ1v) is 5.41. The van der Waals surface area contributed by atoms with Crippen LogP contribution < -0.4 is 5.32 Å². The number of hydrogen-bond acceptors (Lipinski definition) is 3. The lowest BCUT2D eigenvalue weighted by molar-refractivity contribution is 0.185. The summed E-state index contributed by atoms with van der Waals surface area (Å²) in [6.07, 6.45) is 1.15. The van der Waals surface area contributed by atoms with Gasteiger partial charge < -0.3 is 15.2 Å². The number of phenols is 1. The van der Waals surface area contributed by atoms with Crippen LogP contribution in [0, 0.1) is 5.92 Å². The van der Waals surface area contributed by atoms with Crippen molar-refractivity contribution < 1.29 is 9.84 Å². The summed E-state index contributed by atoms with van der Waals surface area (Å²) in [6.45, 7) is 3.45. The molecule has 0 radical (unpaired) electrons. The minimum absolute atomic E-state index is 0.368. The van der Waals surface area contributed by atoms with Crippen molar-refractivity contribution in [3.8, 4) is 5.75 Å². The third-order valence-corrected chi connectivity index (χ3v) is 2.76. The third-order valence-electron chi connectivity index (χ3n) is 2.76. The summed E-state index contributed by atoms with van der Waals surface area (Å²) in [5.41, 5.74) is 0.955. The molecule has 1 heterocycles. The van der Waals surface area contributed by atoms with Gasteiger partial charge in [-0.3, -0.25) is 0 Å². The van der Waals surface area contributed by atoms with E-state index in [9.17, 15) is 5.11 Å². The molecule has 1 unspecified atom stereocenters. The van der Waals surface area contributed by atoms with Crippen LogP contribution in [0.15, 0.2) is 24.3 Å². The van der Waals surface area contributed by atoms with Crippen molar-refractivity contribution in [1.29, 1.82) is 0 Å². The Labute approximate surface area is 90.1 Å². The van der Waals surface area contributed by atoms with Crippen LogP contribution in [0.2, 0.25) is 0 Å². The zero-order chi connectivity index (χ0) is 10.5. The lowest BCUT2D eigenvalue weighted by Crippen LogP contribution is -2.22. The highest BCUT2D eigenvalue weighted by molar-refractivity contribution is 5.31. The molecule has 1 aromatic rings. The molecule has 2 rings (SSSR count). The molecule has 15 heavy (non-hydrogen) atoms. The fraction of sp³-hybridized carbons (Fsp3) is 0.500. The summed E-state index contributed by atoms with van der Waals surface area (Å²) in [5.74, 6) is 1.00. The zero-order valence-corrected chi connectivity index (χ0v) is 8.78. The van der Waals surface area contributed by atoms with Gasteiger partial charge in [0.15, 0.2) is 0 Å².